The number of para-hydroxylation sites is 2. The van der Waals surface area contributed by atoms with Gasteiger partial charge in [-0.25, -0.2) is 4.79 Å². The number of anilines is 1. The maximum absolute atomic E-state index is 11.8. The van der Waals surface area contributed by atoms with Gasteiger partial charge in [-0.3, -0.25) is 14.9 Å². The molecule has 0 aliphatic heterocycles. The van der Waals surface area contributed by atoms with Crippen LogP contribution in [0.15, 0.2) is 42.5 Å². The molecule has 1 amide bonds. The van der Waals surface area contributed by atoms with E-state index in [0.29, 0.717) is 10.7 Å². The van der Waals surface area contributed by atoms with Crippen molar-refractivity contribution in [2.45, 2.75) is 6.92 Å². The molecule has 1 N–H and O–H groups in total. The summed E-state index contributed by atoms with van der Waals surface area (Å²) in [5.41, 5.74) is 1.07. The van der Waals surface area contributed by atoms with E-state index in [1.54, 1.807) is 18.2 Å². The first-order valence-corrected chi connectivity index (χ1v) is 7.82. The van der Waals surface area contributed by atoms with Gasteiger partial charge in [0, 0.05) is 16.8 Å². The number of benzene rings is 2. The van der Waals surface area contributed by atoms with Gasteiger partial charge >= 0.3 is 11.7 Å². The number of nitro groups is 1. The molecule has 2 aromatic rings. The number of amides is 1. The normalized spacial score (nSPS) is 10.1. The summed E-state index contributed by atoms with van der Waals surface area (Å²) in [6, 6.07) is 10.6. The Hall–Kier alpha value is -3.13. The maximum Gasteiger partial charge on any atom is 0.344 e. The average molecular weight is 379 g/mol. The number of nitrogens with one attached hydrogen (secondary N) is 1. The van der Waals surface area contributed by atoms with Crippen LogP contribution in [0.25, 0.3) is 0 Å². The Morgan fingerprint density at radius 1 is 1.19 bits per heavy atom. The number of aryl methyl sites for hydroxylation is 1. The summed E-state index contributed by atoms with van der Waals surface area (Å²) in [4.78, 5) is 33.6. The third kappa shape index (κ3) is 5.45. The highest BCUT2D eigenvalue weighted by Gasteiger charge is 2.16. The van der Waals surface area contributed by atoms with Gasteiger partial charge in [-0.2, -0.15) is 0 Å². The van der Waals surface area contributed by atoms with Crippen molar-refractivity contribution < 1.29 is 24.0 Å². The molecule has 0 saturated carbocycles. The van der Waals surface area contributed by atoms with Gasteiger partial charge in [0.15, 0.2) is 19.0 Å². The van der Waals surface area contributed by atoms with Crippen molar-refractivity contribution in [3.63, 3.8) is 0 Å². The van der Waals surface area contributed by atoms with E-state index in [9.17, 15) is 19.7 Å². The van der Waals surface area contributed by atoms with Crippen LogP contribution in [0.2, 0.25) is 5.02 Å². The molecule has 0 heterocycles. The first-order chi connectivity index (χ1) is 12.4. The van der Waals surface area contributed by atoms with Crippen molar-refractivity contribution in [1.82, 2.24) is 0 Å². The largest absolute Gasteiger partial charge is 0.475 e. The average Bonchev–Trinajstić information content (AvgIpc) is 2.61. The van der Waals surface area contributed by atoms with E-state index in [1.807, 2.05) is 6.92 Å². The fraction of sp³-hybridized carbons (Fsp3) is 0.176. The molecule has 2 aromatic carbocycles. The quantitative estimate of drug-likeness (QED) is 0.450. The molecule has 0 bridgehead atoms. The lowest BCUT2D eigenvalue weighted by atomic mass is 10.2. The van der Waals surface area contributed by atoms with E-state index in [2.05, 4.69) is 5.32 Å². The van der Waals surface area contributed by atoms with Crippen LogP contribution in [0.4, 0.5) is 11.4 Å². The highest BCUT2D eigenvalue weighted by molar-refractivity contribution is 6.31. The number of hydrogen-bond acceptors (Lipinski definition) is 6. The summed E-state index contributed by atoms with van der Waals surface area (Å²) in [6.07, 6.45) is 0. The first-order valence-electron chi connectivity index (χ1n) is 7.44. The molecule has 0 radical (unpaired) electrons. The minimum atomic E-state index is -0.833. The van der Waals surface area contributed by atoms with Crippen LogP contribution >= 0.6 is 11.6 Å². The van der Waals surface area contributed by atoms with Crippen LogP contribution < -0.4 is 10.1 Å². The third-order valence-electron chi connectivity index (χ3n) is 3.23. The van der Waals surface area contributed by atoms with E-state index in [-0.39, 0.29) is 11.4 Å². The van der Waals surface area contributed by atoms with Gasteiger partial charge in [-0.05, 0) is 30.7 Å². The van der Waals surface area contributed by atoms with Crippen molar-refractivity contribution in [2.75, 3.05) is 18.5 Å². The van der Waals surface area contributed by atoms with Gasteiger partial charge < -0.3 is 14.8 Å². The zero-order chi connectivity index (χ0) is 19.1. The van der Waals surface area contributed by atoms with Gasteiger partial charge in [0.2, 0.25) is 0 Å². The number of hydrogen-bond donors (Lipinski definition) is 1. The van der Waals surface area contributed by atoms with E-state index in [1.165, 1.54) is 24.3 Å². The highest BCUT2D eigenvalue weighted by Crippen LogP contribution is 2.25. The van der Waals surface area contributed by atoms with Crippen LogP contribution in [-0.4, -0.2) is 30.0 Å². The third-order valence-corrected chi connectivity index (χ3v) is 3.63. The van der Waals surface area contributed by atoms with Crippen molar-refractivity contribution in [1.29, 1.82) is 0 Å². The van der Waals surface area contributed by atoms with Crippen molar-refractivity contribution >= 4 is 34.9 Å². The van der Waals surface area contributed by atoms with Gasteiger partial charge in [-0.15, -0.1) is 0 Å². The molecular formula is C17H15ClN2O6. The van der Waals surface area contributed by atoms with E-state index < -0.39 is 30.0 Å². The molecule has 26 heavy (non-hydrogen) atoms. The van der Waals surface area contributed by atoms with Gasteiger partial charge in [-0.1, -0.05) is 29.8 Å². The number of carbonyl (C=O) groups is 2. The molecule has 0 atom stereocenters. The lowest BCUT2D eigenvalue weighted by Crippen LogP contribution is -2.23. The minimum absolute atomic E-state index is 0.0619. The number of halogens is 1. The molecule has 0 spiro atoms. The number of nitro benzene ring substituents is 1. The molecule has 0 aliphatic carbocycles. The van der Waals surface area contributed by atoms with Crippen LogP contribution in [0, 0.1) is 17.0 Å². The van der Waals surface area contributed by atoms with E-state index >= 15 is 0 Å². The molecule has 0 fully saturated rings. The summed E-state index contributed by atoms with van der Waals surface area (Å²) < 4.78 is 9.85. The second kappa shape index (κ2) is 8.82. The summed E-state index contributed by atoms with van der Waals surface area (Å²) in [5, 5.41) is 13.9. The summed E-state index contributed by atoms with van der Waals surface area (Å²) >= 11 is 5.96. The molecule has 0 aliphatic rings. The molecule has 0 unspecified atom stereocenters. The van der Waals surface area contributed by atoms with Crippen LogP contribution in [0.5, 0.6) is 5.75 Å². The Morgan fingerprint density at radius 2 is 1.92 bits per heavy atom. The number of ether oxygens (including phenoxy) is 2. The predicted molar refractivity (Wildman–Crippen MR) is 94.4 cm³/mol. The predicted octanol–water partition coefficient (Wildman–Crippen LogP) is 3.12. The summed E-state index contributed by atoms with van der Waals surface area (Å²) in [6.45, 7) is 0.742. The number of nitrogens with zero attached hydrogens (tertiary/aromatic N) is 1. The van der Waals surface area contributed by atoms with Gasteiger partial charge in [0.1, 0.15) is 0 Å². The fourth-order valence-electron chi connectivity index (χ4n) is 1.92. The molecule has 0 aromatic heterocycles. The van der Waals surface area contributed by atoms with E-state index in [0.717, 1.165) is 5.56 Å². The fourth-order valence-corrected chi connectivity index (χ4v) is 2.10. The Labute approximate surface area is 153 Å². The van der Waals surface area contributed by atoms with Crippen LogP contribution in [0.1, 0.15) is 5.56 Å². The molecule has 2 rings (SSSR count). The molecule has 8 nitrogen and oxygen atoms in total. The Morgan fingerprint density at radius 3 is 2.62 bits per heavy atom. The molecular weight excluding hydrogens is 364 g/mol. The lowest BCUT2D eigenvalue weighted by molar-refractivity contribution is -0.385. The van der Waals surface area contributed by atoms with Crippen molar-refractivity contribution in [3.8, 4) is 5.75 Å². The number of esters is 1. The summed E-state index contributed by atoms with van der Waals surface area (Å²) in [7, 11) is 0. The first kappa shape index (κ1) is 19.2. The van der Waals surface area contributed by atoms with Crippen molar-refractivity contribution in [3.05, 3.63) is 63.2 Å². The molecule has 136 valence electrons. The lowest BCUT2D eigenvalue weighted by Gasteiger charge is -2.09. The van der Waals surface area contributed by atoms with Crippen molar-refractivity contribution in [2.24, 2.45) is 0 Å². The highest BCUT2D eigenvalue weighted by atomic mass is 35.5. The van der Waals surface area contributed by atoms with Crippen LogP contribution in [0.3, 0.4) is 0 Å². The van der Waals surface area contributed by atoms with Crippen LogP contribution in [-0.2, 0) is 14.3 Å². The Kier molecular flexibility index (Phi) is 6.51. The second-order valence-corrected chi connectivity index (χ2v) is 5.59. The maximum atomic E-state index is 11.8. The number of rotatable bonds is 7. The van der Waals surface area contributed by atoms with E-state index in [4.69, 9.17) is 21.1 Å². The zero-order valence-electron chi connectivity index (χ0n) is 13.7. The smallest absolute Gasteiger partial charge is 0.344 e. The Bertz CT molecular complexity index is 840. The van der Waals surface area contributed by atoms with Gasteiger partial charge in [0.25, 0.3) is 5.91 Å². The zero-order valence-corrected chi connectivity index (χ0v) is 14.5. The topological polar surface area (TPSA) is 108 Å². The monoisotopic (exact) mass is 378 g/mol. The number of carbonyl (C=O) groups excluding carboxylic acids is 2. The second-order valence-electron chi connectivity index (χ2n) is 5.19. The SMILES string of the molecule is Cc1ccc(NC(=O)COC(=O)COc2ccccc2[N+](=O)[O-])cc1Cl. The minimum Gasteiger partial charge on any atom is -0.475 e. The standard InChI is InChI=1S/C17H15ClN2O6/c1-11-6-7-12(8-13(11)18)19-16(21)9-26-17(22)10-25-15-5-3-2-4-14(15)20(23)24/h2-8H,9-10H2,1H3,(H,19,21). The van der Waals surface area contributed by atoms with Gasteiger partial charge in [0.05, 0.1) is 4.92 Å². The Balaban J connectivity index is 1.80. The molecule has 0 saturated heterocycles. The summed E-state index contributed by atoms with van der Waals surface area (Å²) in [5.74, 6) is -1.45. The molecule has 9 heteroatoms.